The number of carbonyl (C=O) groups excluding carboxylic acids is 2. The molecule has 132 valence electrons. The van der Waals surface area contributed by atoms with E-state index < -0.39 is 35.4 Å². The Morgan fingerprint density at radius 3 is 2.17 bits per heavy atom. The molecule has 1 heterocycles. The van der Waals surface area contributed by atoms with E-state index in [0.29, 0.717) is 13.0 Å². The molecule has 0 radical (unpaired) electrons. The van der Waals surface area contributed by atoms with Crippen LogP contribution in [0.2, 0.25) is 0 Å². The van der Waals surface area contributed by atoms with Crippen molar-refractivity contribution < 1.29 is 27.5 Å². The summed E-state index contributed by atoms with van der Waals surface area (Å²) in [4.78, 5) is 25.4. The molecule has 2 rings (SSSR count). The molecule has 1 aromatic rings. The molecule has 1 aromatic carbocycles. The largest absolute Gasteiger partial charge is 0.444 e. The maximum Gasteiger partial charge on any atom is 0.416 e. The van der Waals surface area contributed by atoms with Crippen molar-refractivity contribution in [3.8, 4) is 0 Å². The Balaban J connectivity index is 1.96. The van der Waals surface area contributed by atoms with E-state index in [1.807, 2.05) is 0 Å². The summed E-state index contributed by atoms with van der Waals surface area (Å²) in [6.45, 7) is 5.58. The van der Waals surface area contributed by atoms with Gasteiger partial charge in [-0.05, 0) is 51.5 Å². The Bertz CT molecular complexity index is 621. The molecular formula is C16H19F3N2O3. The number of halogens is 3. The topological polar surface area (TPSA) is 58.6 Å². The minimum Gasteiger partial charge on any atom is -0.444 e. The third-order valence-electron chi connectivity index (χ3n) is 3.43. The van der Waals surface area contributed by atoms with Crippen molar-refractivity contribution in [2.24, 2.45) is 0 Å². The molecule has 1 saturated heterocycles. The fraction of sp³-hybridized carbons (Fsp3) is 0.500. The van der Waals surface area contributed by atoms with Crippen LogP contribution in [0.15, 0.2) is 24.3 Å². The van der Waals surface area contributed by atoms with Crippen molar-refractivity contribution in [3.63, 3.8) is 0 Å². The van der Waals surface area contributed by atoms with Crippen LogP contribution in [-0.4, -0.2) is 35.1 Å². The lowest BCUT2D eigenvalue weighted by Gasteiger charge is -2.40. The summed E-state index contributed by atoms with van der Waals surface area (Å²) in [5.41, 5.74) is -1.22. The number of alkyl halides is 3. The van der Waals surface area contributed by atoms with Crippen LogP contribution in [-0.2, 0) is 15.7 Å². The number of ether oxygens (including phenoxy) is 1. The average Bonchev–Trinajstić information content (AvgIpc) is 2.34. The summed E-state index contributed by atoms with van der Waals surface area (Å²) in [5.74, 6) is -0.452. The number of carbonyl (C=O) groups is 2. The van der Waals surface area contributed by atoms with Gasteiger partial charge < -0.3 is 10.1 Å². The van der Waals surface area contributed by atoms with E-state index in [9.17, 15) is 22.8 Å². The molecule has 0 spiro atoms. The van der Waals surface area contributed by atoms with Gasteiger partial charge in [-0.15, -0.1) is 0 Å². The second-order valence-electron chi connectivity index (χ2n) is 6.54. The van der Waals surface area contributed by atoms with Gasteiger partial charge in [-0.3, -0.25) is 9.69 Å². The van der Waals surface area contributed by atoms with Gasteiger partial charge >= 0.3 is 12.3 Å². The Kier molecular flexibility index (Phi) is 4.77. The maximum atomic E-state index is 12.5. The van der Waals surface area contributed by atoms with Crippen LogP contribution in [0.4, 0.5) is 23.7 Å². The van der Waals surface area contributed by atoms with Gasteiger partial charge in [0.2, 0.25) is 5.91 Å². The first-order valence-electron chi connectivity index (χ1n) is 7.45. The standard InChI is InChI=1S/C16H19F3N2O3/c1-15(2,3)24-14(23)21-9-8-12(21)13(22)20-11-6-4-10(5-7-11)16(17,18)19/h4-7,12H,8-9H2,1-3H3,(H,20,22). The van der Waals surface area contributed by atoms with E-state index in [1.54, 1.807) is 20.8 Å². The molecule has 0 aromatic heterocycles. The predicted octanol–water partition coefficient (Wildman–Crippen LogP) is 3.65. The van der Waals surface area contributed by atoms with Gasteiger partial charge in [0.25, 0.3) is 0 Å². The van der Waals surface area contributed by atoms with Gasteiger partial charge in [0, 0.05) is 12.2 Å². The van der Waals surface area contributed by atoms with Crippen molar-refractivity contribution in [3.05, 3.63) is 29.8 Å². The van der Waals surface area contributed by atoms with Crippen molar-refractivity contribution in [1.82, 2.24) is 4.90 Å². The number of hydrogen-bond donors (Lipinski definition) is 1. The lowest BCUT2D eigenvalue weighted by Crippen LogP contribution is -2.57. The minimum atomic E-state index is -4.43. The number of nitrogens with one attached hydrogen (secondary N) is 1. The Labute approximate surface area is 137 Å². The number of likely N-dealkylation sites (tertiary alicyclic amines) is 1. The molecule has 1 atom stereocenters. The number of benzene rings is 1. The molecule has 1 fully saturated rings. The van der Waals surface area contributed by atoms with Gasteiger partial charge in [0.1, 0.15) is 11.6 Å². The van der Waals surface area contributed by atoms with Crippen molar-refractivity contribution in [2.75, 3.05) is 11.9 Å². The molecule has 1 aliphatic rings. The monoisotopic (exact) mass is 344 g/mol. The molecule has 5 nitrogen and oxygen atoms in total. The molecule has 0 saturated carbocycles. The highest BCUT2D eigenvalue weighted by molar-refractivity contribution is 5.97. The third kappa shape index (κ3) is 4.39. The van der Waals surface area contributed by atoms with Crippen LogP contribution in [0, 0.1) is 0 Å². The molecule has 24 heavy (non-hydrogen) atoms. The van der Waals surface area contributed by atoms with Crippen molar-refractivity contribution in [1.29, 1.82) is 0 Å². The average molecular weight is 344 g/mol. The molecule has 1 N–H and O–H groups in total. The first-order chi connectivity index (χ1) is 11.0. The number of hydrogen-bond acceptors (Lipinski definition) is 3. The quantitative estimate of drug-likeness (QED) is 0.891. The van der Waals surface area contributed by atoms with E-state index in [0.717, 1.165) is 12.1 Å². The highest BCUT2D eigenvalue weighted by atomic mass is 19.4. The van der Waals surface area contributed by atoms with Crippen LogP contribution in [0.5, 0.6) is 0 Å². The van der Waals surface area contributed by atoms with E-state index in [2.05, 4.69) is 5.32 Å². The van der Waals surface area contributed by atoms with Gasteiger partial charge in [-0.2, -0.15) is 13.2 Å². The predicted molar refractivity (Wildman–Crippen MR) is 81.4 cm³/mol. The fourth-order valence-corrected chi connectivity index (χ4v) is 2.17. The molecular weight excluding hydrogens is 325 g/mol. The van der Waals surface area contributed by atoms with E-state index in [-0.39, 0.29) is 5.69 Å². The first kappa shape index (κ1) is 18.1. The maximum absolute atomic E-state index is 12.5. The second kappa shape index (κ2) is 6.33. The van der Waals surface area contributed by atoms with Gasteiger partial charge in [0.15, 0.2) is 0 Å². The summed E-state index contributed by atoms with van der Waals surface area (Å²) in [6.07, 6.45) is -4.53. The molecule has 0 bridgehead atoms. The lowest BCUT2D eigenvalue weighted by atomic mass is 10.0. The second-order valence-corrected chi connectivity index (χ2v) is 6.54. The van der Waals surface area contributed by atoms with E-state index >= 15 is 0 Å². The Hall–Kier alpha value is -2.25. The smallest absolute Gasteiger partial charge is 0.416 e. The first-order valence-corrected chi connectivity index (χ1v) is 7.45. The van der Waals surface area contributed by atoms with Gasteiger partial charge in [-0.25, -0.2) is 4.79 Å². The Morgan fingerprint density at radius 1 is 1.17 bits per heavy atom. The molecule has 8 heteroatoms. The van der Waals surface area contributed by atoms with Gasteiger partial charge in [-0.1, -0.05) is 0 Å². The van der Waals surface area contributed by atoms with Crippen LogP contribution in [0.1, 0.15) is 32.8 Å². The minimum absolute atomic E-state index is 0.240. The van der Waals surface area contributed by atoms with E-state index in [1.165, 1.54) is 17.0 Å². The number of amides is 2. The number of anilines is 1. The zero-order chi connectivity index (χ0) is 18.1. The third-order valence-corrected chi connectivity index (χ3v) is 3.43. The van der Waals surface area contributed by atoms with Crippen LogP contribution in [0.3, 0.4) is 0 Å². The fourth-order valence-electron chi connectivity index (χ4n) is 2.17. The number of rotatable bonds is 2. The summed E-state index contributed by atoms with van der Waals surface area (Å²) in [5, 5.41) is 2.51. The highest BCUT2D eigenvalue weighted by Gasteiger charge is 2.40. The van der Waals surface area contributed by atoms with E-state index in [4.69, 9.17) is 4.74 Å². The van der Waals surface area contributed by atoms with Crippen LogP contribution < -0.4 is 5.32 Å². The van der Waals surface area contributed by atoms with Gasteiger partial charge in [0.05, 0.1) is 5.56 Å². The van der Waals surface area contributed by atoms with Crippen molar-refractivity contribution >= 4 is 17.7 Å². The normalized spacial score (nSPS) is 17.9. The molecule has 2 amide bonds. The molecule has 1 unspecified atom stereocenters. The summed E-state index contributed by atoms with van der Waals surface area (Å²) in [7, 11) is 0. The summed E-state index contributed by atoms with van der Waals surface area (Å²) in [6, 6.07) is 3.46. The molecule has 0 aliphatic carbocycles. The summed E-state index contributed by atoms with van der Waals surface area (Å²) >= 11 is 0. The summed E-state index contributed by atoms with van der Waals surface area (Å²) < 4.78 is 42.7. The number of nitrogens with zero attached hydrogens (tertiary/aromatic N) is 1. The zero-order valence-electron chi connectivity index (χ0n) is 13.6. The zero-order valence-corrected chi connectivity index (χ0v) is 13.6. The lowest BCUT2D eigenvalue weighted by molar-refractivity contribution is -0.137. The molecule has 1 aliphatic heterocycles. The Morgan fingerprint density at radius 2 is 1.75 bits per heavy atom. The van der Waals surface area contributed by atoms with Crippen LogP contribution >= 0.6 is 0 Å². The SMILES string of the molecule is CC(C)(C)OC(=O)N1CCC1C(=O)Nc1ccc(C(F)(F)F)cc1. The van der Waals surface area contributed by atoms with Crippen molar-refractivity contribution in [2.45, 2.75) is 45.0 Å². The highest BCUT2D eigenvalue weighted by Crippen LogP contribution is 2.30. The van der Waals surface area contributed by atoms with Crippen LogP contribution in [0.25, 0.3) is 0 Å².